The van der Waals surface area contributed by atoms with Gasteiger partial charge in [0.25, 0.3) is 15.9 Å². The van der Waals surface area contributed by atoms with Gasteiger partial charge < -0.3 is 14.8 Å². The summed E-state index contributed by atoms with van der Waals surface area (Å²) in [6, 6.07) is 16.2. The van der Waals surface area contributed by atoms with Gasteiger partial charge in [-0.25, -0.2) is 8.42 Å². The van der Waals surface area contributed by atoms with E-state index in [1.54, 1.807) is 43.3 Å². The van der Waals surface area contributed by atoms with Gasteiger partial charge in [0.15, 0.2) is 6.61 Å². The van der Waals surface area contributed by atoms with Crippen molar-refractivity contribution in [1.82, 2.24) is 0 Å². The van der Waals surface area contributed by atoms with Crippen LogP contribution in [0.5, 0.6) is 11.5 Å². The lowest BCUT2D eigenvalue weighted by Crippen LogP contribution is -2.21. The van der Waals surface area contributed by atoms with Crippen LogP contribution in [-0.4, -0.2) is 28.0 Å². The van der Waals surface area contributed by atoms with Crippen LogP contribution in [0.25, 0.3) is 0 Å². The Bertz CT molecular complexity index is 1230. The first kappa shape index (κ1) is 23.4. The molecule has 3 aromatic rings. The van der Waals surface area contributed by atoms with Crippen molar-refractivity contribution < 1.29 is 22.7 Å². The third kappa shape index (κ3) is 5.93. The molecule has 7 nitrogen and oxygen atoms in total. The van der Waals surface area contributed by atoms with E-state index in [1.165, 1.54) is 25.3 Å². The molecule has 3 rings (SSSR count). The van der Waals surface area contributed by atoms with Crippen molar-refractivity contribution >= 4 is 38.9 Å². The number of halogens is 1. The van der Waals surface area contributed by atoms with E-state index in [0.717, 1.165) is 5.56 Å². The fourth-order valence-electron chi connectivity index (χ4n) is 2.93. The van der Waals surface area contributed by atoms with Crippen molar-refractivity contribution in [3.63, 3.8) is 0 Å². The van der Waals surface area contributed by atoms with Gasteiger partial charge in [-0.3, -0.25) is 9.52 Å². The van der Waals surface area contributed by atoms with Gasteiger partial charge in [0, 0.05) is 10.7 Å². The summed E-state index contributed by atoms with van der Waals surface area (Å²) < 4.78 is 38.6. The number of carbonyl (C=O) groups is 1. The van der Waals surface area contributed by atoms with Crippen molar-refractivity contribution in [2.24, 2.45) is 0 Å². The van der Waals surface area contributed by atoms with Crippen LogP contribution >= 0.6 is 11.6 Å². The Morgan fingerprint density at radius 2 is 1.66 bits per heavy atom. The van der Waals surface area contributed by atoms with Crippen molar-refractivity contribution in [2.75, 3.05) is 23.8 Å². The number of hydrogen-bond acceptors (Lipinski definition) is 5. The Hall–Kier alpha value is -3.23. The maximum absolute atomic E-state index is 12.6. The number of anilines is 2. The molecule has 0 fully saturated rings. The lowest BCUT2D eigenvalue weighted by atomic mass is 10.2. The van der Waals surface area contributed by atoms with E-state index >= 15 is 0 Å². The quantitative estimate of drug-likeness (QED) is 0.490. The fourth-order valence-corrected chi connectivity index (χ4v) is 4.20. The van der Waals surface area contributed by atoms with Gasteiger partial charge in [-0.15, -0.1) is 0 Å². The highest BCUT2D eigenvalue weighted by molar-refractivity contribution is 7.92. The van der Waals surface area contributed by atoms with Gasteiger partial charge in [-0.1, -0.05) is 17.7 Å². The van der Waals surface area contributed by atoms with Gasteiger partial charge >= 0.3 is 0 Å². The second kappa shape index (κ2) is 9.93. The molecule has 2 N–H and O–H groups in total. The van der Waals surface area contributed by atoms with E-state index < -0.39 is 10.0 Å². The molecule has 0 bridgehead atoms. The van der Waals surface area contributed by atoms with E-state index in [1.807, 2.05) is 13.0 Å². The summed E-state index contributed by atoms with van der Waals surface area (Å²) in [7, 11) is -2.27. The highest BCUT2D eigenvalue weighted by atomic mass is 35.5. The molecular formula is C23H23ClN2O5S. The smallest absolute Gasteiger partial charge is 0.262 e. The van der Waals surface area contributed by atoms with Crippen molar-refractivity contribution in [1.29, 1.82) is 0 Å². The molecule has 0 aliphatic rings. The number of rotatable bonds is 8. The zero-order valence-electron chi connectivity index (χ0n) is 17.8. The average Bonchev–Trinajstić information content (AvgIpc) is 2.74. The van der Waals surface area contributed by atoms with Gasteiger partial charge in [0.1, 0.15) is 11.5 Å². The number of carbonyl (C=O) groups excluding carboxylic acids is 1. The zero-order valence-corrected chi connectivity index (χ0v) is 19.4. The molecule has 9 heteroatoms. The number of benzene rings is 3. The van der Waals surface area contributed by atoms with E-state index in [0.29, 0.717) is 33.5 Å². The van der Waals surface area contributed by atoms with Crippen molar-refractivity contribution in [3.05, 3.63) is 76.8 Å². The molecule has 0 saturated carbocycles. The second-order valence-electron chi connectivity index (χ2n) is 7.08. The third-order valence-corrected chi connectivity index (χ3v) is 6.17. The van der Waals surface area contributed by atoms with Gasteiger partial charge in [0.05, 0.1) is 17.7 Å². The van der Waals surface area contributed by atoms with E-state index in [9.17, 15) is 13.2 Å². The van der Waals surface area contributed by atoms with Crippen molar-refractivity contribution in [3.8, 4) is 11.5 Å². The van der Waals surface area contributed by atoms with Gasteiger partial charge in [-0.05, 0) is 79.6 Å². The first-order chi connectivity index (χ1) is 15.2. The molecule has 0 aliphatic carbocycles. The zero-order chi connectivity index (χ0) is 23.3. The lowest BCUT2D eigenvalue weighted by Gasteiger charge is -2.13. The Kier molecular flexibility index (Phi) is 7.27. The number of hydrogen-bond donors (Lipinski definition) is 2. The highest BCUT2D eigenvalue weighted by Gasteiger charge is 2.16. The summed E-state index contributed by atoms with van der Waals surface area (Å²) in [4.78, 5) is 12.4. The average molecular weight is 475 g/mol. The molecule has 0 aromatic heterocycles. The minimum absolute atomic E-state index is 0.0752. The summed E-state index contributed by atoms with van der Waals surface area (Å²) in [5.41, 5.74) is 2.50. The third-order valence-electron chi connectivity index (χ3n) is 4.54. The monoisotopic (exact) mass is 474 g/mol. The standard InChI is InChI=1S/C23H23ClN2O5S/c1-15-4-10-22(30-3)20(12-15)25-23(27)14-31-21-11-9-19(13-16(21)2)32(28,29)26-18-7-5-17(24)6-8-18/h4-13,26H,14H2,1-3H3,(H,25,27). The molecule has 32 heavy (non-hydrogen) atoms. The Labute approximate surface area is 192 Å². The summed E-state index contributed by atoms with van der Waals surface area (Å²) in [6.45, 7) is 3.37. The van der Waals surface area contributed by atoms with Crippen LogP contribution < -0.4 is 19.5 Å². The van der Waals surface area contributed by atoms with Crippen LogP contribution in [-0.2, 0) is 14.8 Å². The number of methoxy groups -OCH3 is 1. The fraction of sp³-hybridized carbons (Fsp3) is 0.174. The normalized spacial score (nSPS) is 11.0. The summed E-state index contributed by atoms with van der Waals surface area (Å²) in [5.74, 6) is 0.582. The maximum Gasteiger partial charge on any atom is 0.262 e. The molecule has 0 aliphatic heterocycles. The van der Waals surface area contributed by atoms with Gasteiger partial charge in [0.2, 0.25) is 0 Å². The molecule has 3 aromatic carbocycles. The Morgan fingerprint density at radius 1 is 0.969 bits per heavy atom. The topological polar surface area (TPSA) is 93.7 Å². The van der Waals surface area contributed by atoms with Crippen LogP contribution in [0.2, 0.25) is 5.02 Å². The predicted molar refractivity (Wildman–Crippen MR) is 125 cm³/mol. The molecule has 0 saturated heterocycles. The number of amides is 1. The first-order valence-corrected chi connectivity index (χ1v) is 11.5. The second-order valence-corrected chi connectivity index (χ2v) is 9.20. The Balaban J connectivity index is 1.65. The SMILES string of the molecule is COc1ccc(C)cc1NC(=O)COc1ccc(S(=O)(=O)Nc2ccc(Cl)cc2)cc1C. The number of nitrogens with one attached hydrogen (secondary N) is 2. The van der Waals surface area contributed by atoms with Crippen LogP contribution in [0.4, 0.5) is 11.4 Å². The predicted octanol–water partition coefficient (Wildman–Crippen LogP) is 4.78. The largest absolute Gasteiger partial charge is 0.495 e. The van der Waals surface area contributed by atoms with Gasteiger partial charge in [-0.2, -0.15) is 0 Å². The molecule has 168 valence electrons. The molecule has 0 heterocycles. The minimum Gasteiger partial charge on any atom is -0.495 e. The first-order valence-electron chi connectivity index (χ1n) is 9.64. The van der Waals surface area contributed by atoms with Crippen molar-refractivity contribution in [2.45, 2.75) is 18.7 Å². The minimum atomic E-state index is -3.79. The number of ether oxygens (including phenoxy) is 2. The lowest BCUT2D eigenvalue weighted by molar-refractivity contribution is -0.118. The summed E-state index contributed by atoms with van der Waals surface area (Å²) in [5, 5.41) is 3.26. The van der Waals surface area contributed by atoms with Crippen LogP contribution in [0.15, 0.2) is 65.6 Å². The van der Waals surface area contributed by atoms with Crippen LogP contribution in [0, 0.1) is 13.8 Å². The number of aryl methyl sites for hydroxylation is 2. The molecule has 1 amide bonds. The highest BCUT2D eigenvalue weighted by Crippen LogP contribution is 2.26. The Morgan fingerprint density at radius 3 is 2.31 bits per heavy atom. The van der Waals surface area contributed by atoms with E-state index in [-0.39, 0.29) is 17.4 Å². The summed E-state index contributed by atoms with van der Waals surface area (Å²) >= 11 is 5.83. The molecule has 0 unspecified atom stereocenters. The van der Waals surface area contributed by atoms with E-state index in [2.05, 4.69) is 10.0 Å². The molecule has 0 spiro atoms. The van der Waals surface area contributed by atoms with Crippen LogP contribution in [0.3, 0.4) is 0 Å². The molecular weight excluding hydrogens is 452 g/mol. The molecule has 0 radical (unpaired) electrons. The summed E-state index contributed by atoms with van der Waals surface area (Å²) in [6.07, 6.45) is 0. The van der Waals surface area contributed by atoms with E-state index in [4.69, 9.17) is 21.1 Å². The number of sulfonamides is 1. The van der Waals surface area contributed by atoms with Crippen LogP contribution in [0.1, 0.15) is 11.1 Å². The maximum atomic E-state index is 12.6. The molecule has 0 atom stereocenters.